The average molecular weight is 324 g/mol. The van der Waals surface area contributed by atoms with Crippen molar-refractivity contribution < 1.29 is 14.7 Å². The van der Waals surface area contributed by atoms with Gasteiger partial charge < -0.3 is 5.11 Å². The van der Waals surface area contributed by atoms with Crippen LogP contribution in [0, 0.1) is 0 Å². The Bertz CT molecular complexity index is 831. The molecule has 0 unspecified atom stereocenters. The van der Waals surface area contributed by atoms with E-state index in [-0.39, 0.29) is 16.4 Å². The van der Waals surface area contributed by atoms with E-state index in [1.54, 1.807) is 36.4 Å². The maximum atomic E-state index is 12.7. The van der Waals surface area contributed by atoms with Crippen LogP contribution in [0.3, 0.4) is 0 Å². The lowest BCUT2D eigenvalue weighted by Crippen LogP contribution is -2.54. The van der Waals surface area contributed by atoms with Crippen molar-refractivity contribution in [3.05, 3.63) is 65.7 Å². The molecule has 1 heterocycles. The number of aromatic hydroxyl groups is 1. The topological polar surface area (TPSA) is 69.6 Å². The Labute approximate surface area is 137 Å². The number of nitrogens with zero attached hydrogens (tertiary/aromatic N) is 1. The van der Waals surface area contributed by atoms with E-state index >= 15 is 0 Å². The van der Waals surface area contributed by atoms with Gasteiger partial charge in [0.15, 0.2) is 5.11 Å². The largest absolute Gasteiger partial charge is 0.508 e. The zero-order valence-electron chi connectivity index (χ0n) is 11.9. The van der Waals surface area contributed by atoms with Gasteiger partial charge >= 0.3 is 0 Å². The number of rotatable bonds is 2. The Morgan fingerprint density at radius 1 is 1.04 bits per heavy atom. The van der Waals surface area contributed by atoms with Crippen LogP contribution in [-0.2, 0) is 9.59 Å². The van der Waals surface area contributed by atoms with E-state index in [9.17, 15) is 14.7 Å². The molecule has 6 heteroatoms. The van der Waals surface area contributed by atoms with Gasteiger partial charge in [-0.3, -0.25) is 19.8 Å². The highest BCUT2D eigenvalue weighted by atomic mass is 32.1. The second-order valence-electron chi connectivity index (χ2n) is 4.89. The third-order valence-electron chi connectivity index (χ3n) is 3.30. The maximum Gasteiger partial charge on any atom is 0.270 e. The highest BCUT2D eigenvalue weighted by Crippen LogP contribution is 2.22. The number of anilines is 1. The van der Waals surface area contributed by atoms with Gasteiger partial charge in [0.1, 0.15) is 11.3 Å². The number of thiocarbonyl (C=S) groups is 1. The summed E-state index contributed by atoms with van der Waals surface area (Å²) in [6, 6.07) is 15.1. The molecule has 0 aromatic heterocycles. The second-order valence-corrected chi connectivity index (χ2v) is 5.28. The molecule has 2 N–H and O–H groups in total. The van der Waals surface area contributed by atoms with E-state index in [4.69, 9.17) is 12.2 Å². The van der Waals surface area contributed by atoms with Gasteiger partial charge in [0, 0.05) is 0 Å². The number of carbonyl (C=O) groups is 2. The van der Waals surface area contributed by atoms with Crippen LogP contribution >= 0.6 is 12.2 Å². The third kappa shape index (κ3) is 2.97. The number of carbonyl (C=O) groups excluding carboxylic acids is 2. The molecule has 0 bridgehead atoms. The molecule has 5 nitrogen and oxygen atoms in total. The number of benzene rings is 2. The highest BCUT2D eigenvalue weighted by molar-refractivity contribution is 7.80. The van der Waals surface area contributed by atoms with Gasteiger partial charge in [-0.15, -0.1) is 0 Å². The molecule has 1 fully saturated rings. The standard InChI is InChI=1S/C17H12N2O3S/c20-13-8-4-5-11(9-13)10-14-15(21)18-17(23)19(16(14)22)12-6-2-1-3-7-12/h1-10,20H,(H,18,21,23)/b14-10-. The van der Waals surface area contributed by atoms with Crippen LogP contribution in [-0.4, -0.2) is 22.0 Å². The van der Waals surface area contributed by atoms with Crippen LogP contribution in [0.4, 0.5) is 5.69 Å². The lowest BCUT2D eigenvalue weighted by atomic mass is 10.1. The minimum atomic E-state index is -0.560. The van der Waals surface area contributed by atoms with Crippen LogP contribution in [0.1, 0.15) is 5.56 Å². The number of amides is 2. The van der Waals surface area contributed by atoms with Crippen molar-refractivity contribution in [3.63, 3.8) is 0 Å². The predicted octanol–water partition coefficient (Wildman–Crippen LogP) is 2.22. The number of hydrogen-bond donors (Lipinski definition) is 2. The molecular weight excluding hydrogens is 312 g/mol. The summed E-state index contributed by atoms with van der Waals surface area (Å²) in [5.41, 5.74) is 1.07. The fourth-order valence-corrected chi connectivity index (χ4v) is 2.53. The van der Waals surface area contributed by atoms with Crippen molar-refractivity contribution in [1.82, 2.24) is 5.32 Å². The number of nitrogens with one attached hydrogen (secondary N) is 1. The first kappa shape index (κ1) is 14.9. The summed E-state index contributed by atoms with van der Waals surface area (Å²) in [6.07, 6.45) is 1.43. The fraction of sp³-hybridized carbons (Fsp3) is 0. The minimum absolute atomic E-state index is 0.0410. The molecular formula is C17H12N2O3S. The fourth-order valence-electron chi connectivity index (χ4n) is 2.25. The molecule has 1 aliphatic heterocycles. The van der Waals surface area contributed by atoms with E-state index in [1.165, 1.54) is 23.1 Å². The lowest BCUT2D eigenvalue weighted by Gasteiger charge is -2.28. The van der Waals surface area contributed by atoms with Crippen molar-refractivity contribution in [1.29, 1.82) is 0 Å². The van der Waals surface area contributed by atoms with Crippen molar-refractivity contribution in [2.24, 2.45) is 0 Å². The van der Waals surface area contributed by atoms with Gasteiger partial charge in [0.05, 0.1) is 5.69 Å². The van der Waals surface area contributed by atoms with E-state index in [0.29, 0.717) is 11.3 Å². The van der Waals surface area contributed by atoms with Crippen molar-refractivity contribution >= 4 is 40.9 Å². The zero-order valence-corrected chi connectivity index (χ0v) is 12.7. The molecule has 2 aromatic carbocycles. The number of phenolic OH excluding ortho intramolecular Hbond substituents is 1. The summed E-state index contributed by atoms with van der Waals surface area (Å²) in [4.78, 5) is 26.1. The van der Waals surface area contributed by atoms with Crippen LogP contribution in [0.5, 0.6) is 5.75 Å². The predicted molar refractivity (Wildman–Crippen MR) is 90.8 cm³/mol. The molecule has 114 valence electrons. The second kappa shape index (κ2) is 6.02. The summed E-state index contributed by atoms with van der Waals surface area (Å²) in [6.45, 7) is 0. The first-order valence-corrected chi connectivity index (χ1v) is 7.22. The average Bonchev–Trinajstić information content (AvgIpc) is 2.52. The van der Waals surface area contributed by atoms with E-state index in [1.807, 2.05) is 6.07 Å². The van der Waals surface area contributed by atoms with Crippen LogP contribution in [0.2, 0.25) is 0 Å². The van der Waals surface area contributed by atoms with Crippen molar-refractivity contribution in [2.45, 2.75) is 0 Å². The van der Waals surface area contributed by atoms with E-state index in [2.05, 4.69) is 5.32 Å². The van der Waals surface area contributed by atoms with Gasteiger partial charge in [0.2, 0.25) is 0 Å². The smallest absolute Gasteiger partial charge is 0.270 e. The summed E-state index contributed by atoms with van der Waals surface area (Å²) in [5.74, 6) is -1.01. The lowest BCUT2D eigenvalue weighted by molar-refractivity contribution is -0.122. The van der Waals surface area contributed by atoms with Crippen molar-refractivity contribution in [2.75, 3.05) is 4.90 Å². The Kier molecular flexibility index (Phi) is 3.91. The number of hydrogen-bond acceptors (Lipinski definition) is 4. The van der Waals surface area contributed by atoms with Gasteiger partial charge in [-0.1, -0.05) is 30.3 Å². The Morgan fingerprint density at radius 2 is 1.78 bits per heavy atom. The first-order valence-electron chi connectivity index (χ1n) is 6.82. The molecule has 0 radical (unpaired) electrons. The van der Waals surface area contributed by atoms with Gasteiger partial charge in [-0.25, -0.2) is 0 Å². The van der Waals surface area contributed by atoms with Crippen LogP contribution in [0.15, 0.2) is 60.2 Å². The molecule has 0 atom stereocenters. The zero-order chi connectivity index (χ0) is 16.4. The normalized spacial score (nSPS) is 16.6. The molecule has 0 saturated carbocycles. The summed E-state index contributed by atoms with van der Waals surface area (Å²) < 4.78 is 0. The SMILES string of the molecule is O=C1NC(=S)N(c2ccccc2)C(=O)/C1=C\c1cccc(O)c1. The molecule has 3 rings (SSSR count). The number of para-hydroxylation sites is 1. The first-order chi connectivity index (χ1) is 11.1. The van der Waals surface area contributed by atoms with Gasteiger partial charge in [0.25, 0.3) is 11.8 Å². The van der Waals surface area contributed by atoms with Gasteiger partial charge in [-0.2, -0.15) is 0 Å². The van der Waals surface area contributed by atoms with Gasteiger partial charge in [-0.05, 0) is 48.1 Å². The molecule has 1 aliphatic rings. The Balaban J connectivity index is 2.02. The van der Waals surface area contributed by atoms with E-state index in [0.717, 1.165) is 0 Å². The van der Waals surface area contributed by atoms with Crippen LogP contribution < -0.4 is 10.2 Å². The maximum absolute atomic E-state index is 12.7. The minimum Gasteiger partial charge on any atom is -0.508 e. The molecule has 2 amide bonds. The molecule has 0 spiro atoms. The number of phenols is 1. The van der Waals surface area contributed by atoms with E-state index < -0.39 is 11.8 Å². The molecule has 0 aliphatic carbocycles. The van der Waals surface area contributed by atoms with Crippen LogP contribution in [0.25, 0.3) is 6.08 Å². The Morgan fingerprint density at radius 3 is 2.48 bits per heavy atom. The molecule has 23 heavy (non-hydrogen) atoms. The highest BCUT2D eigenvalue weighted by Gasteiger charge is 2.34. The Hall–Kier alpha value is -2.99. The van der Waals surface area contributed by atoms with Crippen molar-refractivity contribution in [3.8, 4) is 5.75 Å². The monoisotopic (exact) mass is 324 g/mol. The summed E-state index contributed by atoms with van der Waals surface area (Å²) >= 11 is 5.11. The molecule has 2 aromatic rings. The third-order valence-corrected chi connectivity index (χ3v) is 3.58. The summed E-state index contributed by atoms with van der Waals surface area (Å²) in [7, 11) is 0. The molecule has 1 saturated heterocycles. The quantitative estimate of drug-likeness (QED) is 0.505. The summed E-state index contributed by atoms with van der Waals surface area (Å²) in [5, 5.41) is 12.1.